The van der Waals surface area contributed by atoms with E-state index in [9.17, 15) is 28.8 Å². The second-order valence-electron chi connectivity index (χ2n) is 22.0. The number of hydrogen-bond acceptors (Lipinski definition) is 8. The molecule has 0 radical (unpaired) electrons. The zero-order valence-electron chi connectivity index (χ0n) is 43.2. The molecule has 0 spiro atoms. The maximum atomic E-state index is 14.8. The van der Waals surface area contributed by atoms with Crippen LogP contribution in [0.4, 0.5) is 11.4 Å². The Labute approximate surface area is 432 Å². The van der Waals surface area contributed by atoms with Crippen LogP contribution in [0.15, 0.2) is 97.1 Å². The smallest absolute Gasteiger partial charge is 0.308 e. The first-order valence-electron chi connectivity index (χ1n) is 25.6. The third-order valence-corrected chi connectivity index (χ3v) is 15.0. The summed E-state index contributed by atoms with van der Waals surface area (Å²) in [6.45, 7) is 15.4. The van der Waals surface area contributed by atoms with Gasteiger partial charge in [-0.05, 0) is 130 Å². The lowest BCUT2D eigenvalue weighted by Gasteiger charge is -2.26. The number of amides is 4. The largest absolute Gasteiger partial charge is 0.426 e. The predicted octanol–water partition coefficient (Wildman–Crippen LogP) is 13.0. The van der Waals surface area contributed by atoms with Crippen molar-refractivity contribution in [1.82, 2.24) is 0 Å². The molecule has 74 heavy (non-hydrogen) atoms. The average Bonchev–Trinajstić information content (AvgIpc) is 4.19. The number of rotatable bonds is 6. The molecule has 0 aromatic heterocycles. The number of benzene rings is 6. The van der Waals surface area contributed by atoms with E-state index in [4.69, 9.17) is 9.47 Å². The van der Waals surface area contributed by atoms with Gasteiger partial charge in [-0.2, -0.15) is 0 Å². The normalized spacial score (nSPS) is 15.8. The van der Waals surface area contributed by atoms with Gasteiger partial charge in [0, 0.05) is 36.1 Å². The van der Waals surface area contributed by atoms with E-state index in [2.05, 4.69) is 77.4 Å². The minimum Gasteiger partial charge on any atom is -0.426 e. The van der Waals surface area contributed by atoms with Gasteiger partial charge in [-0.3, -0.25) is 28.8 Å². The topological polar surface area (TPSA) is 127 Å². The molecule has 0 atom stereocenters. The summed E-state index contributed by atoms with van der Waals surface area (Å²) in [6.07, 6.45) is 8.09. The molecule has 0 unspecified atom stereocenters. The SMILES string of the molecule is CC(=O)Oc1ccc(C#Cc2ccc(C#Cc3ccc(OC(C)=O)c4c3C(=O)N(c3ccc(C(C)(C)C)cc3C3CCCC3)C4=O)c3ccccc23)c2c1C(=O)N(c1ccc(C(C)(C)C)cc1C1CCCC1)C2=O. The molecule has 0 N–H and O–H groups in total. The summed E-state index contributed by atoms with van der Waals surface area (Å²) in [7, 11) is 0. The quantitative estimate of drug-likeness (QED) is 0.0699. The molecule has 2 fully saturated rings. The van der Waals surface area contributed by atoms with Crippen LogP contribution in [0.5, 0.6) is 11.5 Å². The highest BCUT2D eigenvalue weighted by Crippen LogP contribution is 2.47. The molecule has 0 saturated heterocycles. The van der Waals surface area contributed by atoms with Crippen molar-refractivity contribution in [2.75, 3.05) is 9.80 Å². The molecule has 10 nitrogen and oxygen atoms in total. The van der Waals surface area contributed by atoms with Gasteiger partial charge in [-0.25, -0.2) is 9.80 Å². The second kappa shape index (κ2) is 19.1. The number of imide groups is 2. The number of esters is 2. The summed E-state index contributed by atoms with van der Waals surface area (Å²) in [4.78, 5) is 85.9. The highest BCUT2D eigenvalue weighted by atomic mass is 16.5. The summed E-state index contributed by atoms with van der Waals surface area (Å²) < 4.78 is 11.1. The summed E-state index contributed by atoms with van der Waals surface area (Å²) in [5.74, 6) is 9.84. The van der Waals surface area contributed by atoms with Crippen molar-refractivity contribution in [3.05, 3.63) is 164 Å². The van der Waals surface area contributed by atoms with Crippen LogP contribution in [0.25, 0.3) is 10.8 Å². The van der Waals surface area contributed by atoms with Crippen LogP contribution in [0.2, 0.25) is 0 Å². The molecule has 10 heteroatoms. The Morgan fingerprint density at radius 2 is 0.797 bits per heavy atom. The lowest BCUT2D eigenvalue weighted by Crippen LogP contribution is -2.31. The van der Waals surface area contributed by atoms with Gasteiger partial charge in [0.05, 0.1) is 33.6 Å². The van der Waals surface area contributed by atoms with Crippen molar-refractivity contribution in [1.29, 1.82) is 0 Å². The van der Waals surface area contributed by atoms with Crippen molar-refractivity contribution in [3.63, 3.8) is 0 Å². The van der Waals surface area contributed by atoms with Gasteiger partial charge < -0.3 is 9.47 Å². The molecule has 4 aliphatic rings. The molecular weight excluding hydrogens is 925 g/mol. The Bertz CT molecular complexity index is 3320. The monoisotopic (exact) mass is 982 g/mol. The molecule has 6 aromatic rings. The maximum Gasteiger partial charge on any atom is 0.308 e. The molecule has 4 amide bonds. The average molecular weight is 983 g/mol. The molecule has 2 aliphatic carbocycles. The van der Waals surface area contributed by atoms with Crippen LogP contribution < -0.4 is 19.3 Å². The minimum absolute atomic E-state index is 0.00461. The van der Waals surface area contributed by atoms with Crippen LogP contribution in [-0.4, -0.2) is 35.6 Å². The zero-order chi connectivity index (χ0) is 52.4. The molecule has 0 bridgehead atoms. The van der Waals surface area contributed by atoms with Gasteiger partial charge in [-0.1, -0.05) is 139 Å². The molecule has 372 valence electrons. The lowest BCUT2D eigenvalue weighted by atomic mass is 9.83. The molecule has 2 heterocycles. The van der Waals surface area contributed by atoms with Gasteiger partial charge in [0.25, 0.3) is 23.6 Å². The number of carbonyl (C=O) groups is 6. The van der Waals surface area contributed by atoms with Crippen molar-refractivity contribution in [3.8, 4) is 35.2 Å². The molecule has 2 saturated carbocycles. The lowest BCUT2D eigenvalue weighted by molar-refractivity contribution is -0.132. The first-order chi connectivity index (χ1) is 35.3. The van der Waals surface area contributed by atoms with Gasteiger partial charge in [-0.15, -0.1) is 0 Å². The van der Waals surface area contributed by atoms with Crippen molar-refractivity contribution in [2.24, 2.45) is 0 Å². The van der Waals surface area contributed by atoms with Crippen LogP contribution >= 0.6 is 0 Å². The molecule has 2 aliphatic heterocycles. The van der Waals surface area contributed by atoms with Crippen LogP contribution in [0.3, 0.4) is 0 Å². The maximum absolute atomic E-state index is 14.8. The Morgan fingerprint density at radius 1 is 0.459 bits per heavy atom. The number of carbonyl (C=O) groups excluding carboxylic acids is 6. The summed E-state index contributed by atoms with van der Waals surface area (Å²) in [6, 6.07) is 29.5. The van der Waals surface area contributed by atoms with E-state index in [1.54, 1.807) is 12.1 Å². The molecule has 10 rings (SSSR count). The van der Waals surface area contributed by atoms with E-state index in [-0.39, 0.29) is 56.4 Å². The van der Waals surface area contributed by atoms with E-state index in [1.807, 2.05) is 60.7 Å². The highest BCUT2D eigenvalue weighted by Gasteiger charge is 2.45. The fraction of sp³-hybridized carbons (Fsp3) is 0.312. The fourth-order valence-corrected chi connectivity index (χ4v) is 11.2. The fourth-order valence-electron chi connectivity index (χ4n) is 11.2. The van der Waals surface area contributed by atoms with Gasteiger partial charge in [0.2, 0.25) is 0 Å². The van der Waals surface area contributed by atoms with Gasteiger partial charge >= 0.3 is 11.9 Å². The van der Waals surface area contributed by atoms with Crippen molar-refractivity contribution >= 4 is 57.7 Å². The summed E-state index contributed by atoms with van der Waals surface area (Å²) in [5, 5.41) is 1.52. The van der Waals surface area contributed by atoms with E-state index in [1.165, 1.54) is 35.8 Å². The molecule has 6 aromatic carbocycles. The van der Waals surface area contributed by atoms with Crippen LogP contribution in [0, 0.1) is 23.7 Å². The highest BCUT2D eigenvalue weighted by molar-refractivity contribution is 6.37. The van der Waals surface area contributed by atoms with Crippen LogP contribution in [-0.2, 0) is 20.4 Å². The third kappa shape index (κ3) is 8.97. The van der Waals surface area contributed by atoms with Gasteiger partial charge in [0.15, 0.2) is 0 Å². The number of fused-ring (bicyclic) bond motifs is 3. The zero-order valence-corrected chi connectivity index (χ0v) is 43.2. The Kier molecular flexibility index (Phi) is 12.8. The van der Waals surface area contributed by atoms with E-state index in [0.29, 0.717) is 33.6 Å². The predicted molar refractivity (Wildman–Crippen MR) is 286 cm³/mol. The van der Waals surface area contributed by atoms with Crippen LogP contribution in [0.1, 0.15) is 205 Å². The number of hydrogen-bond donors (Lipinski definition) is 0. The number of anilines is 2. The first kappa shape index (κ1) is 49.5. The Hall–Kier alpha value is -8.08. The Morgan fingerprint density at radius 3 is 1.15 bits per heavy atom. The summed E-state index contributed by atoms with van der Waals surface area (Å²) in [5.41, 5.74) is 6.87. The van der Waals surface area contributed by atoms with E-state index >= 15 is 0 Å². The van der Waals surface area contributed by atoms with Crippen molar-refractivity contribution < 1.29 is 38.2 Å². The van der Waals surface area contributed by atoms with Gasteiger partial charge in [0.1, 0.15) is 11.5 Å². The van der Waals surface area contributed by atoms with E-state index in [0.717, 1.165) is 84.4 Å². The molecular formula is C64H58N2O8. The third-order valence-electron chi connectivity index (χ3n) is 15.0. The Balaban J connectivity index is 1.02. The standard InChI is InChI=1S/C64H58N2O8/c1-37(67)73-53-33-27-43(55-57(53)61(71)65(59(55)69)51-31-29-45(63(3,4)5)35-49(51)39-15-9-10-16-39)25-23-41-21-22-42(48-20-14-13-19-47(41)48)24-26-44-28-34-54(74-38(2)68)58-56(44)60(70)66(62(58)72)52-32-30-46(64(6,7)8)36-50(52)40-17-11-12-18-40/h13-14,19-22,27-36,39-40H,9-12,15-18H2,1-8H3. The first-order valence-corrected chi connectivity index (χ1v) is 25.6. The minimum atomic E-state index is -0.624. The second-order valence-corrected chi connectivity index (χ2v) is 22.0. The van der Waals surface area contributed by atoms with E-state index < -0.39 is 35.6 Å². The number of ether oxygens (including phenoxy) is 2. The number of nitrogens with zero attached hydrogens (tertiary/aromatic N) is 2. The van der Waals surface area contributed by atoms with Crippen molar-refractivity contribution in [2.45, 2.75) is 129 Å². The summed E-state index contributed by atoms with van der Waals surface area (Å²) >= 11 is 0.